The van der Waals surface area contributed by atoms with E-state index in [0.717, 1.165) is 41.1 Å². The quantitative estimate of drug-likeness (QED) is 0.259. The van der Waals surface area contributed by atoms with Gasteiger partial charge in [-0.05, 0) is 43.4 Å². The summed E-state index contributed by atoms with van der Waals surface area (Å²) in [4.78, 5) is 43.3. The van der Waals surface area contributed by atoms with Gasteiger partial charge < -0.3 is 15.0 Å². The summed E-state index contributed by atoms with van der Waals surface area (Å²) in [5.41, 5.74) is 4.40. The molecule has 1 aromatic heterocycles. The minimum absolute atomic E-state index is 0.0879. The van der Waals surface area contributed by atoms with Crippen LogP contribution < -0.4 is 5.32 Å². The first-order valence-corrected chi connectivity index (χ1v) is 14.1. The number of para-hydroxylation sites is 1. The summed E-state index contributed by atoms with van der Waals surface area (Å²) >= 11 is 1.47. The van der Waals surface area contributed by atoms with Crippen molar-refractivity contribution >= 4 is 34.8 Å². The molecule has 38 heavy (non-hydrogen) atoms. The van der Waals surface area contributed by atoms with E-state index >= 15 is 0 Å². The van der Waals surface area contributed by atoms with Gasteiger partial charge in [0.25, 0.3) is 5.91 Å². The number of amides is 2. The Labute approximate surface area is 229 Å². The van der Waals surface area contributed by atoms with E-state index in [0.29, 0.717) is 18.8 Å². The van der Waals surface area contributed by atoms with Crippen molar-refractivity contribution in [3.05, 3.63) is 70.2 Å². The van der Waals surface area contributed by atoms with E-state index in [-0.39, 0.29) is 36.5 Å². The largest absolute Gasteiger partial charge is 0.466 e. The second-order valence-corrected chi connectivity index (χ2v) is 10.0. The highest BCUT2D eigenvalue weighted by atomic mass is 32.1. The number of carbonyl (C=O) groups excluding carboxylic acids is 3. The first kappa shape index (κ1) is 29.0. The van der Waals surface area contributed by atoms with Gasteiger partial charge >= 0.3 is 5.97 Å². The molecule has 1 N–H and O–H groups in total. The number of aromatic nitrogens is 1. The molecule has 0 saturated carbocycles. The number of aryl methyl sites for hydroxylation is 1. The van der Waals surface area contributed by atoms with Crippen LogP contribution in [0, 0.1) is 0 Å². The Morgan fingerprint density at radius 1 is 1.03 bits per heavy atom. The van der Waals surface area contributed by atoms with Crippen LogP contribution in [-0.4, -0.2) is 47.9 Å². The molecule has 0 saturated heterocycles. The third-order valence-electron chi connectivity index (χ3n) is 6.53. The van der Waals surface area contributed by atoms with Gasteiger partial charge in [0.1, 0.15) is 5.69 Å². The van der Waals surface area contributed by atoms with Crippen molar-refractivity contribution in [2.75, 3.05) is 25.5 Å². The highest BCUT2D eigenvalue weighted by Crippen LogP contribution is 2.30. The Hall–Kier alpha value is -3.52. The number of esters is 1. The molecule has 202 valence electrons. The minimum Gasteiger partial charge on any atom is -0.466 e. The number of nitrogens with zero attached hydrogens (tertiary/aromatic N) is 2. The van der Waals surface area contributed by atoms with Crippen LogP contribution in [0.2, 0.25) is 0 Å². The zero-order valence-corrected chi connectivity index (χ0v) is 23.5. The number of benzene rings is 2. The molecule has 0 spiro atoms. The lowest BCUT2D eigenvalue weighted by Crippen LogP contribution is -2.29. The Morgan fingerprint density at radius 2 is 1.76 bits per heavy atom. The molecule has 3 aromatic rings. The smallest absolute Gasteiger partial charge is 0.306 e. The molecule has 0 radical (unpaired) electrons. The maximum absolute atomic E-state index is 13.1. The summed E-state index contributed by atoms with van der Waals surface area (Å²) in [6, 6.07) is 16.1. The standard InChI is InChI=1S/C30H37N3O4S/c1-5-21-12-14-23(15-13-21)24-10-8-9-11-25(24)31-29(36)26-20-38-30(32-26)22(6-2)18-19-33(4)27(34)16-17-28(35)37-7-3/h8-15,20,22H,5-7,16-19H2,1-4H3,(H,31,36). The molecular weight excluding hydrogens is 498 g/mol. The van der Waals surface area contributed by atoms with Crippen molar-refractivity contribution < 1.29 is 19.1 Å². The normalized spacial score (nSPS) is 11.6. The molecule has 3 rings (SSSR count). The monoisotopic (exact) mass is 535 g/mol. The first-order chi connectivity index (χ1) is 18.4. The summed E-state index contributed by atoms with van der Waals surface area (Å²) < 4.78 is 4.89. The molecule has 0 aliphatic heterocycles. The van der Waals surface area contributed by atoms with E-state index < -0.39 is 0 Å². The molecule has 1 atom stereocenters. The Bertz CT molecular complexity index is 1220. The number of nitrogens with one attached hydrogen (secondary N) is 1. The SMILES string of the molecule is CCOC(=O)CCC(=O)N(C)CCC(CC)c1nc(C(=O)Nc2ccccc2-c2ccc(CC)cc2)cs1. The summed E-state index contributed by atoms with van der Waals surface area (Å²) in [6.45, 7) is 6.81. The zero-order chi connectivity index (χ0) is 27.5. The number of anilines is 1. The summed E-state index contributed by atoms with van der Waals surface area (Å²) in [5.74, 6) is -0.557. The van der Waals surface area contributed by atoms with Crippen LogP contribution in [0.15, 0.2) is 53.9 Å². The van der Waals surface area contributed by atoms with Gasteiger partial charge in [0.15, 0.2) is 0 Å². The van der Waals surface area contributed by atoms with Crippen LogP contribution in [0.4, 0.5) is 5.69 Å². The predicted octanol–water partition coefficient (Wildman–Crippen LogP) is 6.31. The zero-order valence-electron chi connectivity index (χ0n) is 22.7. The fourth-order valence-electron chi connectivity index (χ4n) is 4.14. The minimum atomic E-state index is -0.355. The van der Waals surface area contributed by atoms with Crippen LogP contribution in [-0.2, 0) is 20.7 Å². The number of hydrogen-bond acceptors (Lipinski definition) is 6. The number of thiazole rings is 1. The summed E-state index contributed by atoms with van der Waals surface area (Å²) in [6.07, 6.45) is 2.77. The van der Waals surface area contributed by atoms with Crippen LogP contribution >= 0.6 is 11.3 Å². The van der Waals surface area contributed by atoms with Gasteiger partial charge in [0.2, 0.25) is 5.91 Å². The van der Waals surface area contributed by atoms with Crippen LogP contribution in [0.25, 0.3) is 11.1 Å². The first-order valence-electron chi connectivity index (χ1n) is 13.2. The average molecular weight is 536 g/mol. The third-order valence-corrected chi connectivity index (χ3v) is 7.54. The van der Waals surface area contributed by atoms with Gasteiger partial charge in [-0.15, -0.1) is 11.3 Å². The third kappa shape index (κ3) is 7.99. The molecule has 7 nitrogen and oxygen atoms in total. The van der Waals surface area contributed by atoms with Crippen molar-refractivity contribution in [1.82, 2.24) is 9.88 Å². The van der Waals surface area contributed by atoms with Gasteiger partial charge in [0, 0.05) is 42.6 Å². The van der Waals surface area contributed by atoms with E-state index in [4.69, 9.17) is 4.74 Å². The predicted molar refractivity (Wildman–Crippen MR) is 152 cm³/mol. The van der Waals surface area contributed by atoms with E-state index in [9.17, 15) is 14.4 Å². The highest BCUT2D eigenvalue weighted by Gasteiger charge is 2.20. The highest BCUT2D eigenvalue weighted by molar-refractivity contribution is 7.10. The van der Waals surface area contributed by atoms with Crippen LogP contribution in [0.5, 0.6) is 0 Å². The van der Waals surface area contributed by atoms with E-state index in [1.54, 1.807) is 24.3 Å². The van der Waals surface area contributed by atoms with Crippen molar-refractivity contribution in [2.24, 2.45) is 0 Å². The molecule has 2 amide bonds. The second kappa shape index (κ2) is 14.4. The maximum Gasteiger partial charge on any atom is 0.306 e. The van der Waals surface area contributed by atoms with E-state index in [1.807, 2.05) is 24.3 Å². The number of ether oxygens (including phenoxy) is 1. The molecule has 1 heterocycles. The average Bonchev–Trinajstić information content (AvgIpc) is 3.43. The van der Waals surface area contributed by atoms with Crippen molar-refractivity contribution in [1.29, 1.82) is 0 Å². The summed E-state index contributed by atoms with van der Waals surface area (Å²) in [7, 11) is 1.74. The molecule has 1 unspecified atom stereocenters. The van der Waals surface area contributed by atoms with Gasteiger partial charge in [-0.3, -0.25) is 14.4 Å². The Morgan fingerprint density at radius 3 is 2.45 bits per heavy atom. The number of carbonyl (C=O) groups is 3. The topological polar surface area (TPSA) is 88.6 Å². The molecule has 8 heteroatoms. The van der Waals surface area contributed by atoms with Crippen LogP contribution in [0.1, 0.15) is 73.4 Å². The lowest BCUT2D eigenvalue weighted by Gasteiger charge is -2.20. The molecule has 2 aromatic carbocycles. The molecular formula is C30H37N3O4S. The van der Waals surface area contributed by atoms with Crippen LogP contribution in [0.3, 0.4) is 0 Å². The number of hydrogen-bond donors (Lipinski definition) is 1. The number of rotatable bonds is 13. The van der Waals surface area contributed by atoms with E-state index in [2.05, 4.69) is 48.4 Å². The van der Waals surface area contributed by atoms with Gasteiger partial charge in [-0.25, -0.2) is 4.98 Å². The van der Waals surface area contributed by atoms with Crippen molar-refractivity contribution in [3.63, 3.8) is 0 Å². The summed E-state index contributed by atoms with van der Waals surface area (Å²) in [5, 5.41) is 5.71. The second-order valence-electron chi connectivity index (χ2n) is 9.14. The van der Waals surface area contributed by atoms with Crippen molar-refractivity contribution in [3.8, 4) is 11.1 Å². The maximum atomic E-state index is 13.1. The van der Waals surface area contributed by atoms with Crippen molar-refractivity contribution in [2.45, 2.75) is 58.8 Å². The molecule has 0 fully saturated rings. The van der Waals surface area contributed by atoms with E-state index in [1.165, 1.54) is 16.9 Å². The molecule has 0 aliphatic carbocycles. The van der Waals surface area contributed by atoms with Gasteiger partial charge in [-0.2, -0.15) is 0 Å². The lowest BCUT2D eigenvalue weighted by molar-refractivity contribution is -0.145. The fourth-order valence-corrected chi connectivity index (χ4v) is 5.16. The Balaban J connectivity index is 1.61. The molecule has 0 bridgehead atoms. The lowest BCUT2D eigenvalue weighted by atomic mass is 10.0. The molecule has 0 aliphatic rings. The Kier molecular flexibility index (Phi) is 11.0. The van der Waals surface area contributed by atoms with Gasteiger partial charge in [0.05, 0.1) is 18.0 Å². The van der Waals surface area contributed by atoms with Gasteiger partial charge in [-0.1, -0.05) is 56.3 Å². The fraction of sp³-hybridized carbons (Fsp3) is 0.400.